The molecule has 0 atom stereocenters. The predicted octanol–water partition coefficient (Wildman–Crippen LogP) is -0.474. The van der Waals surface area contributed by atoms with Crippen LogP contribution < -0.4 is 0 Å². The van der Waals surface area contributed by atoms with Crippen molar-refractivity contribution in [2.75, 3.05) is 80.5 Å². The zero-order chi connectivity index (χ0) is 61.3. The van der Waals surface area contributed by atoms with Gasteiger partial charge in [0.15, 0.2) is 0 Å². The Balaban J connectivity index is -0.000000173. The third-order valence-corrected chi connectivity index (χ3v) is 27.1. The van der Waals surface area contributed by atoms with Gasteiger partial charge in [-0.2, -0.15) is 0 Å². The van der Waals surface area contributed by atoms with Gasteiger partial charge in [0.05, 0.1) is 0 Å². The Bertz CT molecular complexity index is 1650. The van der Waals surface area contributed by atoms with Crippen molar-refractivity contribution in [3.05, 3.63) is 0 Å². The van der Waals surface area contributed by atoms with E-state index in [1.165, 1.54) is 0 Å². The minimum absolute atomic E-state index is 0. The van der Waals surface area contributed by atoms with Gasteiger partial charge >= 0.3 is 60.8 Å². The first kappa shape index (κ1) is 93.5. The van der Waals surface area contributed by atoms with E-state index in [1.54, 1.807) is 47.8 Å². The molecule has 488 valence electrons. The molecule has 0 aromatic rings. The van der Waals surface area contributed by atoms with Gasteiger partial charge in [0.2, 0.25) is 0 Å². The summed E-state index contributed by atoms with van der Waals surface area (Å²) in [5.74, 6) is 0. The Morgan fingerprint density at radius 1 is 0.253 bits per heavy atom. The van der Waals surface area contributed by atoms with Crippen LogP contribution in [-0.2, 0) is 36.5 Å². The van der Waals surface area contributed by atoms with Gasteiger partial charge in [-0.3, -0.25) is 36.5 Å². The lowest BCUT2D eigenvalue weighted by atomic mass is 10.2. The van der Waals surface area contributed by atoms with Gasteiger partial charge in [-0.1, -0.05) is 79.1 Å². The molecule has 0 unspecified atom stereocenters. The quantitative estimate of drug-likeness (QED) is 0.0278. The lowest BCUT2D eigenvalue weighted by Crippen LogP contribution is -2.34. The Kier molecular flexibility index (Phi) is 47.6. The maximum Gasteiger partial charge on any atom is 0.369 e. The fraction of sp³-hybridized carbons (Fsp3) is 1.00. The molecule has 0 bridgehead atoms. The molecule has 0 aliphatic heterocycles. The van der Waals surface area contributed by atoms with E-state index in [4.69, 9.17) is 78.3 Å². The van der Waals surface area contributed by atoms with Crippen LogP contribution in [0.25, 0.3) is 0 Å². The minimum Gasteiger partial charge on any atom is -0.412 e. The molecule has 0 radical (unpaired) electrons. The Morgan fingerprint density at radius 3 is 0.456 bits per heavy atom. The van der Waals surface area contributed by atoms with Gasteiger partial charge in [0.1, 0.15) is 0 Å². The van der Waals surface area contributed by atoms with Crippen LogP contribution in [-0.4, -0.2) is 236 Å². The summed E-state index contributed by atoms with van der Waals surface area (Å²) in [5.41, 5.74) is 0. The monoisotopic (exact) mass is 1330 g/mol. The maximum atomic E-state index is 11.1. The summed E-state index contributed by atoms with van der Waals surface area (Å²) in [4.78, 5) is 150. The lowest BCUT2D eigenvalue weighted by Gasteiger charge is -2.30. The molecule has 0 spiro atoms. The molecule has 0 amide bonds. The fourth-order valence-corrected chi connectivity index (χ4v) is 14.7. The Morgan fingerprint density at radius 2 is 0.367 bits per heavy atom. The second-order valence-electron chi connectivity index (χ2n) is 18.5. The van der Waals surface area contributed by atoms with E-state index in [0.29, 0.717) is 26.2 Å². The molecule has 26 N–H and O–H groups in total. The normalized spacial score (nSPS) is 13.6. The van der Waals surface area contributed by atoms with Gasteiger partial charge in [-0.25, -0.2) is 0 Å². The second-order valence-corrected chi connectivity index (χ2v) is 34.5. The number of unbranched alkanes of at least 4 members (excludes halogenated alkanes) is 8. The van der Waals surface area contributed by atoms with Crippen LogP contribution in [0, 0.1) is 0 Å². The average molecular weight is 1330 g/mol. The van der Waals surface area contributed by atoms with Crippen LogP contribution >= 0.6 is 60.8 Å². The van der Waals surface area contributed by atoms with Crippen LogP contribution in [0.3, 0.4) is 0 Å². The van der Waals surface area contributed by atoms with Gasteiger partial charge < -0.3 is 135 Å². The van der Waals surface area contributed by atoms with E-state index < -0.39 is 107 Å². The lowest BCUT2D eigenvalue weighted by molar-refractivity contribution is 0.111. The smallest absolute Gasteiger partial charge is 0.369 e. The summed E-state index contributed by atoms with van der Waals surface area (Å²) in [6.07, 6.45) is 8.76. The molecule has 0 rings (SSSR count). The van der Waals surface area contributed by atoms with E-state index in [9.17, 15) is 56.9 Å². The number of aliphatic hydroxyl groups is 4. The van der Waals surface area contributed by atoms with Gasteiger partial charge in [0.25, 0.3) is 20.3 Å². The van der Waals surface area contributed by atoms with E-state index in [-0.39, 0.29) is 42.6 Å². The van der Waals surface area contributed by atoms with E-state index in [0.717, 1.165) is 77.0 Å². The van der Waals surface area contributed by atoms with Crippen molar-refractivity contribution in [3.63, 3.8) is 0 Å². The minimum atomic E-state index is -5.33. The summed E-state index contributed by atoms with van der Waals surface area (Å²) in [5, 5.41) is 25.4. The molecule has 0 aromatic carbocycles. The van der Waals surface area contributed by atoms with E-state index in [2.05, 4.69) is 0 Å². The third kappa shape index (κ3) is 34.0. The highest BCUT2D eigenvalue weighted by Crippen LogP contribution is 2.71. The van der Waals surface area contributed by atoms with Crippen molar-refractivity contribution in [2.24, 2.45) is 0 Å². The first-order chi connectivity index (χ1) is 33.8. The molecule has 0 fully saturated rings. The van der Waals surface area contributed by atoms with Crippen molar-refractivity contribution in [2.45, 2.75) is 151 Å². The average Bonchev–Trinajstić information content (AvgIpc) is 3.23. The first-order valence-electron chi connectivity index (χ1n) is 23.9. The van der Waals surface area contributed by atoms with Crippen molar-refractivity contribution < 1.29 is 152 Å². The van der Waals surface area contributed by atoms with Crippen molar-refractivity contribution in [1.82, 2.24) is 19.6 Å². The largest absolute Gasteiger partial charge is 0.412 e. The zero-order valence-electron chi connectivity index (χ0n) is 46.0. The van der Waals surface area contributed by atoms with Crippen molar-refractivity contribution in [3.8, 4) is 0 Å². The summed E-state index contributed by atoms with van der Waals surface area (Å²) >= 11 is 0. The predicted molar refractivity (Wildman–Crippen MR) is 294 cm³/mol. The summed E-state index contributed by atoms with van der Waals surface area (Å²) in [7, 11) is -36.0. The number of nitrogens with zero attached hydrogens (tertiary/aromatic N) is 4. The number of hydrogen-bond donors (Lipinski definition) is 20. The molecule has 43 heteroatoms. The molecule has 0 aromatic heterocycles. The highest BCUT2D eigenvalue weighted by Gasteiger charge is 2.61. The Hall–Kier alpha value is 0.760. The molecule has 0 saturated carbocycles. The molecule has 79 heavy (non-hydrogen) atoms. The summed E-state index contributed by atoms with van der Waals surface area (Å²) < 4.78 is 88.9. The maximum absolute atomic E-state index is 11.1. The standard InChI is InChI=1S/4C9H23NO7P2.3H2O/c4*1-3-4-5-7-10(2)8-6-9(11,18(12,13)14)19(15,16)17;;;/h4*11H,3-8H2,1-2H3,(H2,12,13,14)(H2,15,16,17);3*1H2. The molecule has 0 aliphatic rings. The van der Waals surface area contributed by atoms with Gasteiger partial charge in [-0.05, 0) is 80.1 Å². The number of rotatable bonds is 36. The molecular weight excluding hydrogens is 1230 g/mol. The van der Waals surface area contributed by atoms with Crippen LogP contribution in [0.15, 0.2) is 0 Å². The fourth-order valence-electron chi connectivity index (χ4n) is 6.18. The van der Waals surface area contributed by atoms with E-state index in [1.807, 2.05) is 27.7 Å². The molecule has 0 saturated heterocycles. The summed E-state index contributed by atoms with van der Waals surface area (Å²) in [6.45, 7) is 10.6. The Labute approximate surface area is 462 Å². The van der Waals surface area contributed by atoms with Crippen LogP contribution in [0.2, 0.25) is 0 Å². The van der Waals surface area contributed by atoms with Crippen molar-refractivity contribution >= 4 is 60.8 Å². The molecular formula is C36H98N4O31P8. The molecule has 35 nitrogen and oxygen atoms in total. The highest BCUT2D eigenvalue weighted by atomic mass is 31.3. The topological polar surface area (TPSA) is 649 Å². The SMILES string of the molecule is CCCCCN(C)CCC(O)(P(=O)(O)O)P(=O)(O)O.CCCCCN(C)CCC(O)(P(=O)(O)O)P(=O)(O)O.CCCCCN(C)CCC(O)(P(=O)(O)O)P(=O)(O)O.CCCCCN(C)CCC(O)(P(=O)(O)O)P(=O)(O)O.O.O.O. The molecule has 0 heterocycles. The van der Waals surface area contributed by atoms with E-state index >= 15 is 0 Å². The third-order valence-electron chi connectivity index (χ3n) is 11.6. The molecule has 0 aliphatic carbocycles. The highest BCUT2D eigenvalue weighted by molar-refractivity contribution is 7.73. The van der Waals surface area contributed by atoms with Crippen molar-refractivity contribution in [1.29, 1.82) is 0 Å². The van der Waals surface area contributed by atoms with Gasteiger partial charge in [0, 0.05) is 51.9 Å². The van der Waals surface area contributed by atoms with Crippen LogP contribution in [0.5, 0.6) is 0 Å². The van der Waals surface area contributed by atoms with Crippen LogP contribution in [0.1, 0.15) is 130 Å². The zero-order valence-corrected chi connectivity index (χ0v) is 53.2. The first-order valence-corrected chi connectivity index (χ1v) is 36.8. The second kappa shape index (κ2) is 40.3. The number of hydrogen-bond acceptors (Lipinski definition) is 16. The van der Waals surface area contributed by atoms with Crippen LogP contribution in [0.4, 0.5) is 0 Å². The summed E-state index contributed by atoms with van der Waals surface area (Å²) in [6, 6.07) is 0. The van der Waals surface area contributed by atoms with Gasteiger partial charge in [-0.15, -0.1) is 0 Å².